The molecule has 7 nitrogen and oxygen atoms in total. The first-order chi connectivity index (χ1) is 15.7. The number of ether oxygens (including phenoxy) is 2. The van der Waals surface area contributed by atoms with E-state index in [1.807, 2.05) is 72.8 Å². The number of aromatic nitrogens is 2. The molecule has 0 spiro atoms. The molecule has 7 heteroatoms. The molecule has 164 valence electrons. The van der Waals surface area contributed by atoms with Crippen LogP contribution in [-0.4, -0.2) is 30.2 Å². The molecule has 0 aliphatic rings. The number of benzene rings is 3. The van der Waals surface area contributed by atoms with Gasteiger partial charge in [0.15, 0.2) is 0 Å². The highest BCUT2D eigenvalue weighted by Gasteiger charge is 2.19. The predicted molar refractivity (Wildman–Crippen MR) is 124 cm³/mol. The Balaban J connectivity index is 1.51. The maximum Gasteiger partial charge on any atom is 0.315 e. The third-order valence-corrected chi connectivity index (χ3v) is 5.27. The summed E-state index contributed by atoms with van der Waals surface area (Å²) >= 11 is 0. The molecule has 0 fully saturated rings. The molecule has 1 aromatic heterocycles. The van der Waals surface area contributed by atoms with E-state index < -0.39 is 0 Å². The Morgan fingerprint density at radius 2 is 1.72 bits per heavy atom. The molecule has 3 N–H and O–H groups in total. The quantitative estimate of drug-likeness (QED) is 0.387. The number of urea groups is 1. The number of rotatable bonds is 8. The molecule has 4 rings (SSSR count). The van der Waals surface area contributed by atoms with Crippen LogP contribution in [0.3, 0.4) is 0 Å². The van der Waals surface area contributed by atoms with Gasteiger partial charge in [-0.2, -0.15) is 0 Å². The summed E-state index contributed by atoms with van der Waals surface area (Å²) in [5.74, 6) is 2.23. The smallest absolute Gasteiger partial charge is 0.315 e. The Labute approximate surface area is 186 Å². The number of nitrogens with zero attached hydrogens (tertiary/aromatic N) is 1. The molecule has 0 saturated carbocycles. The van der Waals surface area contributed by atoms with Crippen LogP contribution in [0, 0.1) is 0 Å². The highest BCUT2D eigenvalue weighted by molar-refractivity contribution is 5.76. The van der Waals surface area contributed by atoms with Crippen LogP contribution in [0.15, 0.2) is 72.8 Å². The number of fused-ring (bicyclic) bond motifs is 1. The first-order valence-corrected chi connectivity index (χ1v) is 10.4. The lowest BCUT2D eigenvalue weighted by Gasteiger charge is -2.18. The van der Waals surface area contributed by atoms with Crippen LogP contribution < -0.4 is 20.1 Å². The summed E-state index contributed by atoms with van der Waals surface area (Å²) in [6.07, 6.45) is 0.575. The minimum Gasteiger partial charge on any atom is -0.497 e. The van der Waals surface area contributed by atoms with E-state index in [1.54, 1.807) is 14.2 Å². The summed E-state index contributed by atoms with van der Waals surface area (Å²) in [6.45, 7) is 0.352. The van der Waals surface area contributed by atoms with Gasteiger partial charge in [0.05, 0.1) is 31.3 Å². The van der Waals surface area contributed by atoms with Crippen LogP contribution in [0.25, 0.3) is 11.0 Å². The lowest BCUT2D eigenvalue weighted by molar-refractivity contribution is 0.236. The lowest BCUT2D eigenvalue weighted by atomic mass is 10.1. The normalized spacial score (nSPS) is 11.7. The van der Waals surface area contributed by atoms with Gasteiger partial charge in [0.25, 0.3) is 0 Å². The molecule has 1 heterocycles. The zero-order valence-corrected chi connectivity index (χ0v) is 18.1. The molecular formula is C25H26N4O3. The molecule has 32 heavy (non-hydrogen) atoms. The SMILES string of the molecule is COc1ccc(CC(NC(=O)NCc2ccccc2OC)c2nc3ccccc3[nH]2)cc1. The van der Waals surface area contributed by atoms with E-state index in [0.29, 0.717) is 18.8 Å². The zero-order valence-electron chi connectivity index (χ0n) is 18.1. The number of nitrogens with one attached hydrogen (secondary N) is 3. The van der Waals surface area contributed by atoms with Gasteiger partial charge in [0.2, 0.25) is 0 Å². The number of para-hydroxylation sites is 3. The number of aromatic amines is 1. The zero-order chi connectivity index (χ0) is 22.3. The number of methoxy groups -OCH3 is 2. The Morgan fingerprint density at radius 3 is 2.47 bits per heavy atom. The monoisotopic (exact) mass is 430 g/mol. The average Bonchev–Trinajstić information content (AvgIpc) is 3.27. The third-order valence-electron chi connectivity index (χ3n) is 5.27. The Bertz CT molecular complexity index is 1150. The maximum atomic E-state index is 12.8. The summed E-state index contributed by atoms with van der Waals surface area (Å²) in [4.78, 5) is 20.8. The van der Waals surface area contributed by atoms with E-state index in [0.717, 1.165) is 33.7 Å². The number of carbonyl (C=O) groups is 1. The number of H-pyrrole nitrogens is 1. The third kappa shape index (κ3) is 5.00. The van der Waals surface area contributed by atoms with Crippen LogP contribution >= 0.6 is 0 Å². The van der Waals surface area contributed by atoms with E-state index in [9.17, 15) is 4.79 Å². The van der Waals surface area contributed by atoms with E-state index in [4.69, 9.17) is 14.5 Å². The van der Waals surface area contributed by atoms with Gasteiger partial charge in [-0.1, -0.05) is 42.5 Å². The Kier molecular flexibility index (Phi) is 6.55. The summed E-state index contributed by atoms with van der Waals surface area (Å²) in [6, 6.07) is 22.6. The van der Waals surface area contributed by atoms with Crippen molar-refractivity contribution < 1.29 is 14.3 Å². The lowest BCUT2D eigenvalue weighted by Crippen LogP contribution is -2.38. The fourth-order valence-corrected chi connectivity index (χ4v) is 3.58. The van der Waals surface area contributed by atoms with Gasteiger partial charge >= 0.3 is 6.03 Å². The van der Waals surface area contributed by atoms with Gasteiger partial charge in [0, 0.05) is 12.1 Å². The summed E-state index contributed by atoms with van der Waals surface area (Å²) in [5, 5.41) is 5.98. The van der Waals surface area contributed by atoms with Crippen molar-refractivity contribution in [3.63, 3.8) is 0 Å². The average molecular weight is 431 g/mol. The first kappa shape index (κ1) is 21.2. The van der Waals surface area contributed by atoms with Crippen molar-refractivity contribution in [2.45, 2.75) is 19.0 Å². The van der Waals surface area contributed by atoms with Gasteiger partial charge in [-0.3, -0.25) is 0 Å². The van der Waals surface area contributed by atoms with Gasteiger partial charge in [0.1, 0.15) is 17.3 Å². The molecule has 4 aromatic rings. The number of hydrogen-bond acceptors (Lipinski definition) is 4. The van der Waals surface area contributed by atoms with Crippen LogP contribution in [0.4, 0.5) is 4.79 Å². The minimum atomic E-state index is -0.339. The van der Waals surface area contributed by atoms with E-state index >= 15 is 0 Å². The van der Waals surface area contributed by atoms with Crippen LogP contribution in [0.2, 0.25) is 0 Å². The van der Waals surface area contributed by atoms with E-state index in [-0.39, 0.29) is 12.1 Å². The molecule has 1 atom stereocenters. The molecule has 1 unspecified atom stereocenters. The number of imidazole rings is 1. The molecule has 0 radical (unpaired) electrons. The number of carbonyl (C=O) groups excluding carboxylic acids is 1. The molecule has 0 aliphatic carbocycles. The largest absolute Gasteiger partial charge is 0.497 e. The van der Waals surface area contributed by atoms with Crippen LogP contribution in [0.5, 0.6) is 11.5 Å². The van der Waals surface area contributed by atoms with Crippen molar-refractivity contribution >= 4 is 17.1 Å². The molecule has 0 saturated heterocycles. The second-order valence-electron chi connectivity index (χ2n) is 7.38. The van der Waals surface area contributed by atoms with Crippen molar-refractivity contribution in [3.05, 3.63) is 89.7 Å². The summed E-state index contributed by atoms with van der Waals surface area (Å²) in [5.41, 5.74) is 3.75. The highest BCUT2D eigenvalue weighted by atomic mass is 16.5. The predicted octanol–water partition coefficient (Wildman–Crippen LogP) is 4.36. The second kappa shape index (κ2) is 9.87. The molecule has 2 amide bonds. The Hall–Kier alpha value is -4.00. The van der Waals surface area contributed by atoms with E-state index in [1.165, 1.54) is 0 Å². The molecular weight excluding hydrogens is 404 g/mol. The van der Waals surface area contributed by atoms with Gasteiger partial charge < -0.3 is 25.1 Å². The fraction of sp³-hybridized carbons (Fsp3) is 0.200. The molecule has 3 aromatic carbocycles. The van der Waals surface area contributed by atoms with Gasteiger partial charge in [-0.15, -0.1) is 0 Å². The fourth-order valence-electron chi connectivity index (χ4n) is 3.58. The van der Waals surface area contributed by atoms with Crippen molar-refractivity contribution in [1.29, 1.82) is 0 Å². The molecule has 0 aliphatic heterocycles. The summed E-state index contributed by atoms with van der Waals surface area (Å²) in [7, 11) is 3.26. The van der Waals surface area contributed by atoms with Crippen LogP contribution in [0.1, 0.15) is 23.0 Å². The first-order valence-electron chi connectivity index (χ1n) is 10.4. The van der Waals surface area contributed by atoms with E-state index in [2.05, 4.69) is 15.6 Å². The number of hydrogen-bond donors (Lipinski definition) is 3. The highest BCUT2D eigenvalue weighted by Crippen LogP contribution is 2.22. The van der Waals surface area contributed by atoms with Gasteiger partial charge in [-0.05, 0) is 42.3 Å². The Morgan fingerprint density at radius 1 is 0.969 bits per heavy atom. The van der Waals surface area contributed by atoms with Crippen LogP contribution in [-0.2, 0) is 13.0 Å². The molecule has 0 bridgehead atoms. The van der Waals surface area contributed by atoms with Crippen molar-refractivity contribution in [2.24, 2.45) is 0 Å². The second-order valence-corrected chi connectivity index (χ2v) is 7.38. The van der Waals surface area contributed by atoms with Gasteiger partial charge in [-0.25, -0.2) is 9.78 Å². The van der Waals surface area contributed by atoms with Crippen molar-refractivity contribution in [2.75, 3.05) is 14.2 Å². The standard InChI is InChI=1S/C25H26N4O3/c1-31-19-13-11-17(12-14-19)15-22(24-27-20-8-4-5-9-21(20)28-24)29-25(30)26-16-18-7-3-6-10-23(18)32-2/h3-14,22H,15-16H2,1-2H3,(H,27,28)(H2,26,29,30). The number of amides is 2. The van der Waals surface area contributed by atoms with Crippen molar-refractivity contribution in [3.8, 4) is 11.5 Å². The maximum absolute atomic E-state index is 12.8. The summed E-state index contributed by atoms with van der Waals surface area (Å²) < 4.78 is 10.6. The topological polar surface area (TPSA) is 88.3 Å². The van der Waals surface area contributed by atoms with Crippen molar-refractivity contribution in [1.82, 2.24) is 20.6 Å². The minimum absolute atomic E-state index is 0.283.